The van der Waals surface area contributed by atoms with Crippen LogP contribution in [0.1, 0.15) is 44.9 Å². The van der Waals surface area contributed by atoms with E-state index in [-0.39, 0.29) is 0 Å². The van der Waals surface area contributed by atoms with Gasteiger partial charge >= 0.3 is 0 Å². The van der Waals surface area contributed by atoms with Gasteiger partial charge in [0, 0.05) is 32.7 Å². The first-order valence-corrected chi connectivity index (χ1v) is 10.7. The summed E-state index contributed by atoms with van der Waals surface area (Å²) in [6, 6.07) is 0. The average molecular weight is 343 g/mol. The number of nitrogens with one attached hydrogen (secondary N) is 1. The van der Waals surface area contributed by atoms with Crippen molar-refractivity contribution in [3.8, 4) is 0 Å². The summed E-state index contributed by atoms with van der Waals surface area (Å²) in [4.78, 5) is 2.60. The molecule has 0 atom stereocenters. The van der Waals surface area contributed by atoms with Gasteiger partial charge < -0.3 is 15.2 Å². The van der Waals surface area contributed by atoms with Gasteiger partial charge in [0.25, 0.3) is 0 Å². The van der Waals surface area contributed by atoms with Crippen LogP contribution in [0, 0.1) is 5.41 Å². The minimum absolute atomic E-state index is 0.412. The van der Waals surface area contributed by atoms with Gasteiger partial charge in [-0.25, -0.2) is 0 Å². The maximum absolute atomic E-state index is 10.7. The lowest BCUT2D eigenvalue weighted by Gasteiger charge is -2.43. The third kappa shape index (κ3) is 5.33. The summed E-state index contributed by atoms with van der Waals surface area (Å²) in [5.74, 6) is 2.22. The lowest BCUT2D eigenvalue weighted by molar-refractivity contribution is 0.00142. The molecule has 0 amide bonds. The molecular formula is C18H34N2O2S. The first-order chi connectivity index (χ1) is 11.2. The van der Waals surface area contributed by atoms with E-state index in [1.54, 1.807) is 0 Å². The quantitative estimate of drug-likeness (QED) is 0.774. The molecule has 2 aliphatic heterocycles. The summed E-state index contributed by atoms with van der Waals surface area (Å²) in [5.41, 5.74) is -0.0462. The Hall–Kier alpha value is 0.190. The SMILES string of the molecule is OC1(CNCC2(CN3CCOCC3)CCCCC2)CCSCC1. The number of hydrogen-bond acceptors (Lipinski definition) is 5. The van der Waals surface area contributed by atoms with Crippen LogP contribution in [0.4, 0.5) is 0 Å². The molecule has 0 spiro atoms. The van der Waals surface area contributed by atoms with Gasteiger partial charge in [-0.1, -0.05) is 19.3 Å². The molecule has 1 saturated carbocycles. The first-order valence-electron chi connectivity index (χ1n) is 9.51. The minimum atomic E-state index is -0.458. The molecule has 2 saturated heterocycles. The van der Waals surface area contributed by atoms with Crippen LogP contribution in [-0.2, 0) is 4.74 Å². The Balaban J connectivity index is 1.51. The van der Waals surface area contributed by atoms with Crippen LogP contribution in [0.5, 0.6) is 0 Å². The molecule has 3 aliphatic rings. The average Bonchev–Trinajstić information content (AvgIpc) is 2.57. The number of ether oxygens (including phenoxy) is 1. The Kier molecular flexibility index (Phi) is 6.67. The Bertz CT molecular complexity index is 349. The summed E-state index contributed by atoms with van der Waals surface area (Å²) < 4.78 is 5.50. The molecule has 2 heterocycles. The predicted octanol–water partition coefficient (Wildman–Crippen LogP) is 2.12. The number of nitrogens with zero attached hydrogens (tertiary/aromatic N) is 1. The van der Waals surface area contributed by atoms with E-state index >= 15 is 0 Å². The molecule has 0 aromatic rings. The minimum Gasteiger partial charge on any atom is -0.389 e. The molecule has 0 bridgehead atoms. The van der Waals surface area contributed by atoms with E-state index in [0.29, 0.717) is 5.41 Å². The van der Waals surface area contributed by atoms with Crippen LogP contribution >= 0.6 is 11.8 Å². The van der Waals surface area contributed by atoms with Crippen molar-refractivity contribution in [2.24, 2.45) is 5.41 Å². The predicted molar refractivity (Wildman–Crippen MR) is 97.2 cm³/mol. The second kappa shape index (κ2) is 8.52. The molecule has 4 nitrogen and oxygen atoms in total. The van der Waals surface area contributed by atoms with E-state index in [4.69, 9.17) is 4.74 Å². The fraction of sp³-hybridized carbons (Fsp3) is 1.00. The second-order valence-electron chi connectivity index (χ2n) is 7.89. The van der Waals surface area contributed by atoms with E-state index < -0.39 is 5.60 Å². The molecule has 0 radical (unpaired) electrons. The standard InChI is InChI=1S/C18H34N2O2S/c21-18(6-12-23-13-7-18)15-19-14-17(4-2-1-3-5-17)16-20-8-10-22-11-9-20/h19,21H,1-16H2. The number of rotatable bonds is 6. The summed E-state index contributed by atoms with van der Waals surface area (Å²) in [7, 11) is 0. The highest BCUT2D eigenvalue weighted by Gasteiger charge is 2.35. The highest BCUT2D eigenvalue weighted by Crippen LogP contribution is 2.37. The largest absolute Gasteiger partial charge is 0.389 e. The van der Waals surface area contributed by atoms with E-state index in [0.717, 1.165) is 63.7 Å². The van der Waals surface area contributed by atoms with Crippen LogP contribution in [0.3, 0.4) is 0 Å². The molecule has 134 valence electrons. The van der Waals surface area contributed by atoms with Crippen molar-refractivity contribution < 1.29 is 9.84 Å². The van der Waals surface area contributed by atoms with E-state index in [9.17, 15) is 5.11 Å². The smallest absolute Gasteiger partial charge is 0.0787 e. The van der Waals surface area contributed by atoms with Crippen molar-refractivity contribution in [2.75, 3.05) is 57.4 Å². The number of morpholine rings is 1. The normalized spacial score (nSPS) is 28.6. The molecule has 3 rings (SSSR count). The molecule has 2 N–H and O–H groups in total. The van der Waals surface area contributed by atoms with Crippen molar-refractivity contribution in [3.05, 3.63) is 0 Å². The van der Waals surface area contributed by atoms with Gasteiger partial charge in [-0.2, -0.15) is 11.8 Å². The zero-order valence-corrected chi connectivity index (χ0v) is 15.3. The Morgan fingerprint density at radius 1 is 0.957 bits per heavy atom. The van der Waals surface area contributed by atoms with Crippen LogP contribution in [-0.4, -0.2) is 73.1 Å². The Morgan fingerprint density at radius 2 is 1.65 bits per heavy atom. The highest BCUT2D eigenvalue weighted by molar-refractivity contribution is 7.99. The maximum atomic E-state index is 10.7. The van der Waals surface area contributed by atoms with Gasteiger partial charge in [0.15, 0.2) is 0 Å². The lowest BCUT2D eigenvalue weighted by atomic mass is 9.73. The van der Waals surface area contributed by atoms with Crippen LogP contribution in [0.25, 0.3) is 0 Å². The number of hydrogen-bond donors (Lipinski definition) is 2. The van der Waals surface area contributed by atoms with Gasteiger partial charge in [0.2, 0.25) is 0 Å². The van der Waals surface area contributed by atoms with Crippen molar-refractivity contribution >= 4 is 11.8 Å². The molecule has 0 unspecified atom stereocenters. The van der Waals surface area contributed by atoms with E-state index in [1.807, 2.05) is 11.8 Å². The highest BCUT2D eigenvalue weighted by atomic mass is 32.2. The topological polar surface area (TPSA) is 44.7 Å². The second-order valence-corrected chi connectivity index (χ2v) is 9.11. The van der Waals surface area contributed by atoms with Gasteiger partial charge in [-0.3, -0.25) is 4.90 Å². The zero-order chi connectivity index (χ0) is 16.0. The summed E-state index contributed by atoms with van der Waals surface area (Å²) in [5, 5.41) is 14.4. The lowest BCUT2D eigenvalue weighted by Crippen LogP contribution is -2.51. The summed E-state index contributed by atoms with van der Waals surface area (Å²) in [6.45, 7) is 7.00. The molecule has 0 aromatic heterocycles. The molecule has 0 aromatic carbocycles. The van der Waals surface area contributed by atoms with Crippen LogP contribution < -0.4 is 5.32 Å². The first kappa shape index (κ1) is 18.0. The van der Waals surface area contributed by atoms with Gasteiger partial charge in [-0.15, -0.1) is 0 Å². The van der Waals surface area contributed by atoms with Gasteiger partial charge in [0.05, 0.1) is 18.8 Å². The zero-order valence-electron chi connectivity index (χ0n) is 14.5. The third-order valence-corrected chi connectivity index (χ3v) is 6.94. The van der Waals surface area contributed by atoms with Gasteiger partial charge in [0.1, 0.15) is 0 Å². The molecular weight excluding hydrogens is 308 g/mol. The Morgan fingerprint density at radius 3 is 2.35 bits per heavy atom. The van der Waals surface area contributed by atoms with E-state index in [1.165, 1.54) is 38.6 Å². The van der Waals surface area contributed by atoms with Crippen molar-refractivity contribution in [1.29, 1.82) is 0 Å². The van der Waals surface area contributed by atoms with Crippen molar-refractivity contribution in [3.63, 3.8) is 0 Å². The van der Waals surface area contributed by atoms with Crippen LogP contribution in [0.2, 0.25) is 0 Å². The maximum Gasteiger partial charge on any atom is 0.0787 e. The number of thioether (sulfide) groups is 1. The third-order valence-electron chi connectivity index (χ3n) is 5.95. The van der Waals surface area contributed by atoms with Gasteiger partial charge in [-0.05, 0) is 42.6 Å². The molecule has 3 fully saturated rings. The Labute approximate surface area is 145 Å². The van der Waals surface area contributed by atoms with E-state index in [2.05, 4.69) is 10.2 Å². The number of aliphatic hydroxyl groups is 1. The van der Waals surface area contributed by atoms with Crippen molar-refractivity contribution in [1.82, 2.24) is 10.2 Å². The summed E-state index contributed by atoms with van der Waals surface area (Å²) >= 11 is 1.97. The molecule has 23 heavy (non-hydrogen) atoms. The molecule has 1 aliphatic carbocycles. The van der Waals surface area contributed by atoms with Crippen LogP contribution in [0.15, 0.2) is 0 Å². The summed E-state index contributed by atoms with van der Waals surface area (Å²) in [6.07, 6.45) is 8.70. The fourth-order valence-electron chi connectivity index (χ4n) is 4.41. The monoisotopic (exact) mass is 342 g/mol. The van der Waals surface area contributed by atoms with Crippen molar-refractivity contribution in [2.45, 2.75) is 50.5 Å². The molecule has 5 heteroatoms. The fourth-order valence-corrected chi connectivity index (χ4v) is 5.67.